The van der Waals surface area contributed by atoms with Gasteiger partial charge in [-0.25, -0.2) is 0 Å². The predicted octanol–water partition coefficient (Wildman–Crippen LogP) is 2.62. The molecule has 0 aromatic carbocycles. The summed E-state index contributed by atoms with van der Waals surface area (Å²) in [5, 5.41) is 0. The molecule has 0 radical (unpaired) electrons. The minimum absolute atomic E-state index is 0.0217. The van der Waals surface area contributed by atoms with Gasteiger partial charge in [0.25, 0.3) is 0 Å². The summed E-state index contributed by atoms with van der Waals surface area (Å²) in [4.78, 5) is 2.53. The van der Waals surface area contributed by atoms with Crippen molar-refractivity contribution < 1.29 is 0 Å². The number of nitrogens with zero attached hydrogens (tertiary/aromatic N) is 1. The zero-order valence-electron chi connectivity index (χ0n) is 10.9. The van der Waals surface area contributed by atoms with Crippen LogP contribution in [0.2, 0.25) is 0 Å². The molecule has 2 nitrogen and oxygen atoms in total. The van der Waals surface area contributed by atoms with E-state index in [4.69, 9.17) is 5.73 Å². The van der Waals surface area contributed by atoms with E-state index >= 15 is 0 Å². The van der Waals surface area contributed by atoms with Gasteiger partial charge in [0.2, 0.25) is 0 Å². The fraction of sp³-hybridized carbons (Fsp3) is 1.00. The molecule has 15 heavy (non-hydrogen) atoms. The summed E-state index contributed by atoms with van der Waals surface area (Å²) in [6, 6.07) is 0.793. The molecule has 2 N–H and O–H groups in total. The first-order chi connectivity index (χ1) is 6.90. The maximum atomic E-state index is 6.02. The van der Waals surface area contributed by atoms with Crippen LogP contribution in [0.4, 0.5) is 0 Å². The molecule has 2 heteroatoms. The van der Waals surface area contributed by atoms with E-state index < -0.39 is 0 Å². The molecule has 1 aliphatic rings. The minimum atomic E-state index is -0.0217. The lowest BCUT2D eigenvalue weighted by molar-refractivity contribution is 0.132. The van der Waals surface area contributed by atoms with Crippen LogP contribution in [-0.2, 0) is 0 Å². The van der Waals surface area contributed by atoms with Crippen LogP contribution >= 0.6 is 0 Å². The molecular formula is C13H28N2. The largest absolute Gasteiger partial charge is 0.326 e. The topological polar surface area (TPSA) is 29.3 Å². The second kappa shape index (κ2) is 5.31. The summed E-state index contributed by atoms with van der Waals surface area (Å²) >= 11 is 0. The second-order valence-electron chi connectivity index (χ2n) is 6.05. The van der Waals surface area contributed by atoms with E-state index in [0.717, 1.165) is 24.9 Å². The Bertz CT molecular complexity index is 183. The summed E-state index contributed by atoms with van der Waals surface area (Å²) < 4.78 is 0. The molecule has 0 saturated heterocycles. The molecule has 1 fully saturated rings. The van der Waals surface area contributed by atoms with Crippen LogP contribution in [0.1, 0.15) is 52.9 Å². The van der Waals surface area contributed by atoms with Crippen molar-refractivity contribution in [2.75, 3.05) is 13.6 Å². The normalized spacial score (nSPS) is 28.4. The van der Waals surface area contributed by atoms with E-state index in [0.29, 0.717) is 0 Å². The molecule has 0 aromatic rings. The molecule has 90 valence electrons. The van der Waals surface area contributed by atoms with Gasteiger partial charge in [0.1, 0.15) is 0 Å². The summed E-state index contributed by atoms with van der Waals surface area (Å²) in [6.45, 7) is 7.77. The number of nitrogens with two attached hydrogens (primary N) is 1. The van der Waals surface area contributed by atoms with Crippen molar-refractivity contribution in [2.24, 2.45) is 11.7 Å². The quantitative estimate of drug-likeness (QED) is 0.776. The highest BCUT2D eigenvalue weighted by Crippen LogP contribution is 2.27. The van der Waals surface area contributed by atoms with Gasteiger partial charge in [-0.05, 0) is 52.6 Å². The van der Waals surface area contributed by atoms with Gasteiger partial charge >= 0.3 is 0 Å². The van der Waals surface area contributed by atoms with Gasteiger partial charge in [-0.15, -0.1) is 0 Å². The van der Waals surface area contributed by atoms with Crippen LogP contribution in [0.3, 0.4) is 0 Å². The average Bonchev–Trinajstić information content (AvgIpc) is 2.14. The molecule has 1 saturated carbocycles. The minimum Gasteiger partial charge on any atom is -0.326 e. The van der Waals surface area contributed by atoms with Crippen molar-refractivity contribution in [3.63, 3.8) is 0 Å². The molecule has 0 aliphatic heterocycles. The van der Waals surface area contributed by atoms with E-state index in [2.05, 4.69) is 32.7 Å². The molecular weight excluding hydrogens is 184 g/mol. The van der Waals surface area contributed by atoms with Crippen molar-refractivity contribution in [3.05, 3.63) is 0 Å². The fourth-order valence-electron chi connectivity index (χ4n) is 2.58. The van der Waals surface area contributed by atoms with Crippen LogP contribution < -0.4 is 5.73 Å². The monoisotopic (exact) mass is 212 g/mol. The van der Waals surface area contributed by atoms with Gasteiger partial charge in [0.05, 0.1) is 0 Å². The number of hydrogen-bond donors (Lipinski definition) is 1. The van der Waals surface area contributed by atoms with Crippen LogP contribution in [0.15, 0.2) is 0 Å². The molecule has 0 bridgehead atoms. The Hall–Kier alpha value is -0.0800. The zero-order valence-corrected chi connectivity index (χ0v) is 10.9. The Balaban J connectivity index is 2.35. The number of hydrogen-bond acceptors (Lipinski definition) is 2. The Morgan fingerprint density at radius 1 is 1.27 bits per heavy atom. The van der Waals surface area contributed by atoms with E-state index in [1.165, 1.54) is 25.7 Å². The van der Waals surface area contributed by atoms with Crippen LogP contribution in [0.25, 0.3) is 0 Å². The van der Waals surface area contributed by atoms with Crippen molar-refractivity contribution in [1.82, 2.24) is 4.90 Å². The van der Waals surface area contributed by atoms with Crippen molar-refractivity contribution in [1.29, 1.82) is 0 Å². The van der Waals surface area contributed by atoms with E-state index in [1.54, 1.807) is 0 Å². The third-order valence-corrected chi connectivity index (χ3v) is 3.74. The number of rotatable bonds is 4. The zero-order chi connectivity index (χ0) is 11.5. The van der Waals surface area contributed by atoms with Gasteiger partial charge in [0, 0.05) is 11.6 Å². The van der Waals surface area contributed by atoms with Crippen LogP contribution in [0, 0.1) is 5.92 Å². The highest BCUT2D eigenvalue weighted by Gasteiger charge is 2.25. The predicted molar refractivity (Wildman–Crippen MR) is 66.9 cm³/mol. The fourth-order valence-corrected chi connectivity index (χ4v) is 2.58. The first-order valence-electron chi connectivity index (χ1n) is 6.39. The molecule has 0 heterocycles. The van der Waals surface area contributed by atoms with E-state index in [9.17, 15) is 0 Å². The Morgan fingerprint density at radius 3 is 2.40 bits per heavy atom. The first-order valence-corrected chi connectivity index (χ1v) is 6.39. The molecule has 1 aliphatic carbocycles. The second-order valence-corrected chi connectivity index (χ2v) is 6.05. The van der Waals surface area contributed by atoms with Crippen LogP contribution in [0.5, 0.6) is 0 Å². The maximum Gasteiger partial charge on any atom is 0.0118 e. The molecule has 2 atom stereocenters. The van der Waals surface area contributed by atoms with Crippen molar-refractivity contribution >= 4 is 0 Å². The van der Waals surface area contributed by atoms with E-state index in [1.807, 2.05) is 0 Å². The third kappa shape index (κ3) is 4.52. The highest BCUT2D eigenvalue weighted by molar-refractivity contribution is 4.81. The van der Waals surface area contributed by atoms with Crippen molar-refractivity contribution in [3.8, 4) is 0 Å². The van der Waals surface area contributed by atoms with Gasteiger partial charge in [0.15, 0.2) is 0 Å². The first kappa shape index (κ1) is 13.0. The maximum absolute atomic E-state index is 6.02. The molecule has 1 rings (SSSR count). The lowest BCUT2D eigenvalue weighted by atomic mass is 9.85. The van der Waals surface area contributed by atoms with Crippen LogP contribution in [-0.4, -0.2) is 30.1 Å². The molecule has 0 amide bonds. The van der Waals surface area contributed by atoms with E-state index in [-0.39, 0.29) is 5.54 Å². The molecule has 0 aromatic heterocycles. The SMILES string of the molecule is CC1CCCCC1N(C)CCC(C)(C)N. The highest BCUT2D eigenvalue weighted by atomic mass is 15.1. The standard InChI is InChI=1S/C13H28N2/c1-11-7-5-6-8-12(11)15(4)10-9-13(2,3)14/h11-12H,5-10,14H2,1-4H3. The smallest absolute Gasteiger partial charge is 0.0118 e. The van der Waals surface area contributed by atoms with Crippen molar-refractivity contribution in [2.45, 2.75) is 64.5 Å². The Labute approximate surface area is 95.2 Å². The lowest BCUT2D eigenvalue weighted by Gasteiger charge is -2.37. The Morgan fingerprint density at radius 2 is 1.87 bits per heavy atom. The summed E-state index contributed by atoms with van der Waals surface area (Å²) in [5.74, 6) is 0.865. The summed E-state index contributed by atoms with van der Waals surface area (Å²) in [5.41, 5.74) is 6.00. The summed E-state index contributed by atoms with van der Waals surface area (Å²) in [7, 11) is 2.26. The van der Waals surface area contributed by atoms with Gasteiger partial charge in [-0.1, -0.05) is 19.8 Å². The Kier molecular flexibility index (Phi) is 4.60. The van der Waals surface area contributed by atoms with Gasteiger partial charge < -0.3 is 10.6 Å². The van der Waals surface area contributed by atoms with Gasteiger partial charge in [-0.3, -0.25) is 0 Å². The summed E-state index contributed by atoms with van der Waals surface area (Å²) in [6.07, 6.45) is 6.70. The molecule has 2 unspecified atom stereocenters. The lowest BCUT2D eigenvalue weighted by Crippen LogP contribution is -2.43. The molecule has 0 spiro atoms. The third-order valence-electron chi connectivity index (χ3n) is 3.74. The van der Waals surface area contributed by atoms with Gasteiger partial charge in [-0.2, -0.15) is 0 Å². The average molecular weight is 212 g/mol.